The first-order valence-corrected chi connectivity index (χ1v) is 7.62. The Balaban J connectivity index is 2.06. The monoisotopic (exact) mass is 298 g/mol. The van der Waals surface area contributed by atoms with Crippen LogP contribution < -0.4 is 0 Å². The number of esters is 1. The molecule has 1 saturated carbocycles. The summed E-state index contributed by atoms with van der Waals surface area (Å²) >= 11 is 1.38. The average Bonchev–Trinajstić information content (AvgIpc) is 3.16. The molecule has 0 bridgehead atoms. The third-order valence-corrected chi connectivity index (χ3v) is 5.15. The molecule has 0 aromatic heterocycles. The molecule has 1 aromatic rings. The molecule has 5 heteroatoms. The largest absolute Gasteiger partial charge is 0.469 e. The molecule has 3 nitrogen and oxygen atoms in total. The van der Waals surface area contributed by atoms with Crippen molar-refractivity contribution in [2.24, 2.45) is 5.41 Å². The number of thioether (sulfide) groups is 1. The number of rotatable bonds is 6. The van der Waals surface area contributed by atoms with Crippen molar-refractivity contribution in [1.82, 2.24) is 0 Å². The fourth-order valence-electron chi connectivity index (χ4n) is 2.16. The molecule has 1 aliphatic rings. The first-order valence-electron chi connectivity index (χ1n) is 6.63. The number of halogens is 1. The van der Waals surface area contributed by atoms with Crippen molar-refractivity contribution >= 4 is 17.7 Å². The molecule has 1 aliphatic carbocycles. The quantitative estimate of drug-likeness (QED) is 0.646. The van der Waals surface area contributed by atoms with E-state index in [9.17, 15) is 14.3 Å². The topological polar surface area (TPSA) is 46.5 Å². The van der Waals surface area contributed by atoms with Gasteiger partial charge in [-0.25, -0.2) is 4.39 Å². The van der Waals surface area contributed by atoms with E-state index in [4.69, 9.17) is 4.74 Å². The molecule has 1 atom stereocenters. The molecule has 1 fully saturated rings. The van der Waals surface area contributed by atoms with Crippen LogP contribution in [0, 0.1) is 11.2 Å². The number of hydrogen-bond donors (Lipinski definition) is 1. The first kappa shape index (κ1) is 15.3. The normalized spacial score (nSPS) is 17.6. The van der Waals surface area contributed by atoms with Crippen molar-refractivity contribution < 1.29 is 19.0 Å². The lowest BCUT2D eigenvalue weighted by atomic mass is 10.1. The van der Waals surface area contributed by atoms with Crippen LogP contribution >= 0.6 is 11.8 Å². The molecule has 0 spiro atoms. The van der Waals surface area contributed by atoms with Crippen molar-refractivity contribution in [3.63, 3.8) is 0 Å². The van der Waals surface area contributed by atoms with Crippen molar-refractivity contribution in [3.8, 4) is 0 Å². The molecular formula is C15H19FO3S. The van der Waals surface area contributed by atoms with Gasteiger partial charge in [-0.3, -0.25) is 4.79 Å². The van der Waals surface area contributed by atoms with Gasteiger partial charge in [-0.1, -0.05) is 12.1 Å². The van der Waals surface area contributed by atoms with E-state index >= 15 is 0 Å². The van der Waals surface area contributed by atoms with Gasteiger partial charge in [-0.2, -0.15) is 0 Å². The smallest absolute Gasteiger partial charge is 0.306 e. The summed E-state index contributed by atoms with van der Waals surface area (Å²) in [5.41, 5.74) is 0.541. The summed E-state index contributed by atoms with van der Waals surface area (Å²) in [5.74, 6) is 0.137. The van der Waals surface area contributed by atoms with Crippen LogP contribution in [0.4, 0.5) is 4.39 Å². The van der Waals surface area contributed by atoms with Crippen LogP contribution in [0.25, 0.3) is 0 Å². The van der Waals surface area contributed by atoms with Crippen molar-refractivity contribution in [3.05, 3.63) is 29.6 Å². The van der Waals surface area contributed by atoms with Gasteiger partial charge in [-0.15, -0.1) is 11.8 Å². The second-order valence-corrected chi connectivity index (χ2v) is 6.36. The SMILES string of the molecule is COC(=O)CC1(CSc2c(F)cccc2[C@H](C)O)CC1. The lowest BCUT2D eigenvalue weighted by molar-refractivity contribution is -0.141. The Morgan fingerprint density at radius 2 is 2.25 bits per heavy atom. The maximum absolute atomic E-state index is 13.9. The first-order chi connectivity index (χ1) is 9.47. The van der Waals surface area contributed by atoms with Crippen molar-refractivity contribution in [2.75, 3.05) is 12.9 Å². The van der Waals surface area contributed by atoms with Gasteiger partial charge in [0, 0.05) is 10.6 Å². The Kier molecular flexibility index (Phi) is 4.70. The second kappa shape index (κ2) is 6.14. The van der Waals surface area contributed by atoms with E-state index in [2.05, 4.69) is 0 Å². The summed E-state index contributed by atoms with van der Waals surface area (Å²) in [4.78, 5) is 11.9. The molecular weight excluding hydrogens is 279 g/mol. The van der Waals surface area contributed by atoms with Gasteiger partial charge in [0.15, 0.2) is 0 Å². The summed E-state index contributed by atoms with van der Waals surface area (Å²) in [6, 6.07) is 4.73. The molecule has 0 unspecified atom stereocenters. The zero-order chi connectivity index (χ0) is 14.8. The molecule has 0 radical (unpaired) electrons. The van der Waals surface area contributed by atoms with Crippen LogP contribution in [0.5, 0.6) is 0 Å². The zero-order valence-corrected chi connectivity index (χ0v) is 12.5. The minimum Gasteiger partial charge on any atom is -0.469 e. The van der Waals surface area contributed by atoms with Crippen LogP contribution in [0.15, 0.2) is 23.1 Å². The van der Waals surface area contributed by atoms with E-state index in [0.717, 1.165) is 12.8 Å². The number of ether oxygens (including phenoxy) is 1. The molecule has 0 amide bonds. The molecule has 0 aliphatic heterocycles. The third kappa shape index (κ3) is 3.52. The molecule has 1 N–H and O–H groups in total. The van der Waals surface area contributed by atoms with Gasteiger partial charge in [0.05, 0.1) is 19.6 Å². The zero-order valence-electron chi connectivity index (χ0n) is 11.7. The van der Waals surface area contributed by atoms with Gasteiger partial charge in [0.25, 0.3) is 0 Å². The predicted molar refractivity (Wildman–Crippen MR) is 76.1 cm³/mol. The number of methoxy groups -OCH3 is 1. The summed E-state index contributed by atoms with van der Waals surface area (Å²) in [5, 5.41) is 9.70. The highest BCUT2D eigenvalue weighted by atomic mass is 32.2. The highest BCUT2D eigenvalue weighted by Crippen LogP contribution is 2.52. The Morgan fingerprint density at radius 3 is 2.80 bits per heavy atom. The van der Waals surface area contributed by atoms with Gasteiger partial charge in [0.1, 0.15) is 5.82 Å². The lowest BCUT2D eigenvalue weighted by Gasteiger charge is -2.16. The van der Waals surface area contributed by atoms with E-state index in [1.807, 2.05) is 0 Å². The minimum absolute atomic E-state index is 0.0595. The molecule has 0 saturated heterocycles. The summed E-state index contributed by atoms with van der Waals surface area (Å²) in [7, 11) is 1.38. The average molecular weight is 298 g/mol. The third-order valence-electron chi connectivity index (χ3n) is 3.67. The Bertz CT molecular complexity index is 498. The number of benzene rings is 1. The standard InChI is InChI=1S/C15H19FO3S/c1-10(17)11-4-3-5-12(16)14(11)20-9-15(6-7-15)8-13(18)19-2/h3-5,10,17H,6-9H2,1-2H3/t10-/m0/s1. The van der Waals surface area contributed by atoms with E-state index < -0.39 is 6.10 Å². The predicted octanol–water partition coefficient (Wildman–Crippen LogP) is 3.31. The maximum Gasteiger partial charge on any atom is 0.306 e. The van der Waals surface area contributed by atoms with Crippen LogP contribution in [0.2, 0.25) is 0 Å². The molecule has 110 valence electrons. The fourth-order valence-corrected chi connectivity index (χ4v) is 3.61. The lowest BCUT2D eigenvalue weighted by Crippen LogP contribution is -2.13. The minimum atomic E-state index is -0.705. The molecule has 20 heavy (non-hydrogen) atoms. The van der Waals surface area contributed by atoms with E-state index in [1.54, 1.807) is 19.1 Å². The Labute approximate surface area is 122 Å². The van der Waals surface area contributed by atoms with E-state index in [-0.39, 0.29) is 17.2 Å². The second-order valence-electron chi connectivity index (χ2n) is 5.38. The number of aliphatic hydroxyl groups is 1. The molecule has 0 heterocycles. The Morgan fingerprint density at radius 1 is 1.55 bits per heavy atom. The Hall–Kier alpha value is -1.07. The van der Waals surface area contributed by atoms with Gasteiger partial charge in [-0.05, 0) is 36.8 Å². The summed E-state index contributed by atoms with van der Waals surface area (Å²) in [6.07, 6.45) is 1.61. The molecule has 1 aromatic carbocycles. The van der Waals surface area contributed by atoms with Gasteiger partial charge >= 0.3 is 5.97 Å². The van der Waals surface area contributed by atoms with Crippen LogP contribution in [0.1, 0.15) is 37.9 Å². The van der Waals surface area contributed by atoms with E-state index in [1.165, 1.54) is 24.9 Å². The van der Waals surface area contributed by atoms with Crippen LogP contribution in [0.3, 0.4) is 0 Å². The van der Waals surface area contributed by atoms with Gasteiger partial charge in [0.2, 0.25) is 0 Å². The summed E-state index contributed by atoms with van der Waals surface area (Å²) < 4.78 is 18.6. The van der Waals surface area contributed by atoms with Crippen molar-refractivity contribution in [2.45, 2.75) is 37.2 Å². The number of carbonyl (C=O) groups is 1. The molecule has 2 rings (SSSR count). The van der Waals surface area contributed by atoms with E-state index in [0.29, 0.717) is 22.6 Å². The maximum atomic E-state index is 13.9. The fraction of sp³-hybridized carbons (Fsp3) is 0.533. The number of carbonyl (C=O) groups excluding carboxylic acids is 1. The number of aliphatic hydroxyl groups excluding tert-OH is 1. The van der Waals surface area contributed by atoms with Crippen LogP contribution in [-0.4, -0.2) is 23.9 Å². The highest BCUT2D eigenvalue weighted by molar-refractivity contribution is 7.99. The van der Waals surface area contributed by atoms with Crippen LogP contribution in [-0.2, 0) is 9.53 Å². The highest BCUT2D eigenvalue weighted by Gasteiger charge is 2.44. The summed E-state index contributed by atoms with van der Waals surface area (Å²) in [6.45, 7) is 1.63. The van der Waals surface area contributed by atoms with Crippen molar-refractivity contribution in [1.29, 1.82) is 0 Å². The van der Waals surface area contributed by atoms with Gasteiger partial charge < -0.3 is 9.84 Å². The number of hydrogen-bond acceptors (Lipinski definition) is 4.